The van der Waals surface area contributed by atoms with Gasteiger partial charge in [-0.25, -0.2) is 4.39 Å². The summed E-state index contributed by atoms with van der Waals surface area (Å²) in [7, 11) is 1.52. The number of ether oxygens (including phenoxy) is 1. The van der Waals surface area contributed by atoms with Crippen molar-refractivity contribution in [2.24, 2.45) is 11.8 Å². The summed E-state index contributed by atoms with van der Waals surface area (Å²) in [5, 5.41) is 3.66. The average Bonchev–Trinajstić information content (AvgIpc) is 3.30. The van der Waals surface area contributed by atoms with Gasteiger partial charge in [-0.15, -0.1) is 0 Å². The van der Waals surface area contributed by atoms with E-state index >= 15 is 0 Å². The predicted molar refractivity (Wildman–Crippen MR) is 83.2 cm³/mol. The lowest BCUT2D eigenvalue weighted by molar-refractivity contribution is 0.240. The van der Waals surface area contributed by atoms with Gasteiger partial charge in [-0.2, -0.15) is 0 Å². The highest BCUT2D eigenvalue weighted by Gasteiger charge is 2.31. The molecule has 3 atom stereocenters. The summed E-state index contributed by atoms with van der Waals surface area (Å²) in [6.07, 6.45) is 6.37. The SMILES string of the molecule is COc1ccc(C2CC(C)CCC2CNC2CC2)cc1F. The van der Waals surface area contributed by atoms with E-state index < -0.39 is 0 Å². The maximum Gasteiger partial charge on any atom is 0.165 e. The minimum absolute atomic E-state index is 0.234. The first-order chi connectivity index (χ1) is 10.2. The molecule has 0 radical (unpaired) electrons. The van der Waals surface area contributed by atoms with E-state index in [0.29, 0.717) is 17.6 Å². The van der Waals surface area contributed by atoms with Crippen LogP contribution in [0.4, 0.5) is 4.39 Å². The zero-order chi connectivity index (χ0) is 14.8. The minimum Gasteiger partial charge on any atom is -0.494 e. The second kappa shape index (κ2) is 6.35. The molecule has 0 saturated heterocycles. The summed E-state index contributed by atoms with van der Waals surface area (Å²) in [5.74, 6) is 1.95. The van der Waals surface area contributed by atoms with Crippen molar-refractivity contribution < 1.29 is 9.13 Å². The normalized spacial score (nSPS) is 29.4. The summed E-state index contributed by atoms with van der Waals surface area (Å²) in [6, 6.07) is 6.26. The summed E-state index contributed by atoms with van der Waals surface area (Å²) in [4.78, 5) is 0. The third kappa shape index (κ3) is 3.57. The van der Waals surface area contributed by atoms with Crippen LogP contribution in [0.5, 0.6) is 5.75 Å². The molecule has 0 aromatic heterocycles. The molecule has 3 heteroatoms. The zero-order valence-electron chi connectivity index (χ0n) is 13.1. The van der Waals surface area contributed by atoms with Crippen LogP contribution in [-0.2, 0) is 0 Å². The number of hydrogen-bond donors (Lipinski definition) is 1. The molecule has 2 aliphatic rings. The Morgan fingerprint density at radius 2 is 2.05 bits per heavy atom. The fourth-order valence-electron chi connectivity index (χ4n) is 3.61. The second-order valence-electron chi connectivity index (χ2n) is 6.86. The Balaban J connectivity index is 1.75. The molecule has 2 aliphatic carbocycles. The Morgan fingerprint density at radius 1 is 1.24 bits per heavy atom. The van der Waals surface area contributed by atoms with E-state index in [0.717, 1.165) is 24.1 Å². The van der Waals surface area contributed by atoms with Gasteiger partial charge in [0.25, 0.3) is 0 Å². The average molecular weight is 291 g/mol. The molecule has 0 bridgehead atoms. The van der Waals surface area contributed by atoms with E-state index in [4.69, 9.17) is 4.74 Å². The summed E-state index contributed by atoms with van der Waals surface area (Å²) in [6.45, 7) is 3.40. The Bertz CT molecular complexity index is 486. The Morgan fingerprint density at radius 3 is 2.71 bits per heavy atom. The largest absolute Gasteiger partial charge is 0.494 e. The molecule has 0 aliphatic heterocycles. The van der Waals surface area contributed by atoms with Gasteiger partial charge in [0, 0.05) is 6.04 Å². The zero-order valence-corrected chi connectivity index (χ0v) is 13.1. The van der Waals surface area contributed by atoms with Crippen LogP contribution in [0.15, 0.2) is 18.2 Å². The molecule has 0 spiro atoms. The number of hydrogen-bond acceptors (Lipinski definition) is 2. The number of methoxy groups -OCH3 is 1. The van der Waals surface area contributed by atoms with Crippen molar-refractivity contribution >= 4 is 0 Å². The first-order valence-electron chi connectivity index (χ1n) is 8.24. The fraction of sp³-hybridized carbons (Fsp3) is 0.667. The molecule has 1 aromatic rings. The lowest BCUT2D eigenvalue weighted by Crippen LogP contribution is -2.32. The van der Waals surface area contributed by atoms with Crippen LogP contribution in [-0.4, -0.2) is 19.7 Å². The van der Waals surface area contributed by atoms with Crippen LogP contribution in [0.25, 0.3) is 0 Å². The smallest absolute Gasteiger partial charge is 0.165 e. The quantitative estimate of drug-likeness (QED) is 0.881. The van der Waals surface area contributed by atoms with Gasteiger partial charge in [0.2, 0.25) is 0 Å². The maximum atomic E-state index is 14.0. The van der Waals surface area contributed by atoms with Crippen molar-refractivity contribution in [1.82, 2.24) is 5.32 Å². The highest BCUT2D eigenvalue weighted by Crippen LogP contribution is 2.41. The lowest BCUT2D eigenvalue weighted by Gasteiger charge is -2.35. The standard InChI is InChI=1S/C18H26FNO/c1-12-3-4-14(11-20-15-6-7-15)16(9-12)13-5-8-18(21-2)17(19)10-13/h5,8,10,12,14-16,20H,3-4,6-7,9,11H2,1-2H3. The lowest BCUT2D eigenvalue weighted by atomic mass is 9.71. The van der Waals surface area contributed by atoms with Crippen LogP contribution in [0, 0.1) is 17.7 Å². The fourth-order valence-corrected chi connectivity index (χ4v) is 3.61. The van der Waals surface area contributed by atoms with E-state index in [2.05, 4.69) is 18.3 Å². The molecular formula is C18H26FNO. The van der Waals surface area contributed by atoms with Crippen LogP contribution in [0.1, 0.15) is 50.5 Å². The highest BCUT2D eigenvalue weighted by molar-refractivity contribution is 5.32. The van der Waals surface area contributed by atoms with Crippen molar-refractivity contribution in [3.8, 4) is 5.75 Å². The molecule has 0 amide bonds. The third-order valence-corrected chi connectivity index (χ3v) is 5.11. The van der Waals surface area contributed by atoms with Crippen LogP contribution >= 0.6 is 0 Å². The van der Waals surface area contributed by atoms with E-state index in [1.807, 2.05) is 0 Å². The highest BCUT2D eigenvalue weighted by atomic mass is 19.1. The monoisotopic (exact) mass is 291 g/mol. The van der Waals surface area contributed by atoms with Gasteiger partial charge < -0.3 is 10.1 Å². The first kappa shape index (κ1) is 14.8. The molecule has 2 nitrogen and oxygen atoms in total. The van der Waals surface area contributed by atoms with E-state index in [9.17, 15) is 4.39 Å². The molecule has 1 N–H and O–H groups in total. The number of benzene rings is 1. The van der Waals surface area contributed by atoms with E-state index in [1.165, 1.54) is 39.2 Å². The Hall–Kier alpha value is -1.09. The maximum absolute atomic E-state index is 14.0. The van der Waals surface area contributed by atoms with Gasteiger partial charge in [0.05, 0.1) is 7.11 Å². The first-order valence-corrected chi connectivity index (χ1v) is 8.24. The minimum atomic E-state index is -0.234. The van der Waals surface area contributed by atoms with Crippen molar-refractivity contribution in [3.05, 3.63) is 29.6 Å². The van der Waals surface area contributed by atoms with Crippen molar-refractivity contribution in [3.63, 3.8) is 0 Å². The van der Waals surface area contributed by atoms with Gasteiger partial charge in [0.1, 0.15) is 0 Å². The van der Waals surface area contributed by atoms with Crippen molar-refractivity contribution in [2.75, 3.05) is 13.7 Å². The molecule has 21 heavy (non-hydrogen) atoms. The van der Waals surface area contributed by atoms with E-state index in [1.54, 1.807) is 12.1 Å². The molecule has 3 rings (SSSR count). The molecule has 2 saturated carbocycles. The van der Waals surface area contributed by atoms with E-state index in [-0.39, 0.29) is 5.82 Å². The topological polar surface area (TPSA) is 21.3 Å². The van der Waals surface area contributed by atoms with Gasteiger partial charge in [0.15, 0.2) is 11.6 Å². The second-order valence-corrected chi connectivity index (χ2v) is 6.86. The summed E-state index contributed by atoms with van der Waals surface area (Å²) < 4.78 is 19.0. The summed E-state index contributed by atoms with van der Waals surface area (Å²) in [5.41, 5.74) is 1.14. The number of rotatable bonds is 5. The Labute approximate surface area is 127 Å². The third-order valence-electron chi connectivity index (χ3n) is 5.11. The molecule has 3 unspecified atom stereocenters. The van der Waals surface area contributed by atoms with Crippen LogP contribution in [0.3, 0.4) is 0 Å². The van der Waals surface area contributed by atoms with Gasteiger partial charge >= 0.3 is 0 Å². The molecule has 2 fully saturated rings. The van der Waals surface area contributed by atoms with Gasteiger partial charge in [-0.05, 0) is 67.7 Å². The van der Waals surface area contributed by atoms with Gasteiger partial charge in [-0.1, -0.05) is 19.4 Å². The molecule has 1 aromatic carbocycles. The summed E-state index contributed by atoms with van der Waals surface area (Å²) >= 11 is 0. The van der Waals surface area contributed by atoms with Crippen molar-refractivity contribution in [2.45, 2.75) is 51.0 Å². The molecule has 0 heterocycles. The van der Waals surface area contributed by atoms with Gasteiger partial charge in [-0.3, -0.25) is 0 Å². The van der Waals surface area contributed by atoms with Crippen LogP contribution in [0.2, 0.25) is 0 Å². The number of halogens is 1. The molecule has 116 valence electrons. The Kier molecular flexibility index (Phi) is 4.48. The predicted octanol–water partition coefficient (Wildman–Crippen LogP) is 4.11. The van der Waals surface area contributed by atoms with Crippen LogP contribution < -0.4 is 10.1 Å². The van der Waals surface area contributed by atoms with Crippen molar-refractivity contribution in [1.29, 1.82) is 0 Å². The molecular weight excluding hydrogens is 265 g/mol. The number of nitrogens with one attached hydrogen (secondary N) is 1.